The van der Waals surface area contributed by atoms with Crippen LogP contribution in [0.15, 0.2) is 17.2 Å². The van der Waals surface area contributed by atoms with E-state index in [1.54, 1.807) is 19.6 Å². The highest BCUT2D eigenvalue weighted by Crippen LogP contribution is 2.23. The van der Waals surface area contributed by atoms with Gasteiger partial charge in [0.2, 0.25) is 0 Å². The van der Waals surface area contributed by atoms with Crippen molar-refractivity contribution in [3.63, 3.8) is 0 Å². The highest BCUT2D eigenvalue weighted by molar-refractivity contribution is 5.96. The Morgan fingerprint density at radius 2 is 2.36 bits per heavy atom. The first-order valence-electron chi connectivity index (χ1n) is 7.75. The average molecular weight is 303 g/mol. The summed E-state index contributed by atoms with van der Waals surface area (Å²) in [6.07, 6.45) is 6.08. The van der Waals surface area contributed by atoms with Crippen LogP contribution < -0.4 is 0 Å². The second-order valence-corrected chi connectivity index (χ2v) is 5.79. The Hall–Kier alpha value is -2.18. The first-order valence-corrected chi connectivity index (χ1v) is 7.75. The van der Waals surface area contributed by atoms with E-state index < -0.39 is 0 Å². The van der Waals surface area contributed by atoms with Gasteiger partial charge in [-0.25, -0.2) is 4.98 Å². The molecule has 2 aromatic rings. The molecule has 1 saturated heterocycles. The highest BCUT2D eigenvalue weighted by Gasteiger charge is 2.29. The van der Waals surface area contributed by atoms with Gasteiger partial charge in [0.25, 0.3) is 5.91 Å². The van der Waals surface area contributed by atoms with E-state index in [4.69, 9.17) is 4.52 Å². The molecule has 1 atom stereocenters. The molecule has 1 fully saturated rings. The van der Waals surface area contributed by atoms with Gasteiger partial charge in [-0.1, -0.05) is 12.1 Å². The van der Waals surface area contributed by atoms with Crippen LogP contribution in [0.1, 0.15) is 41.6 Å². The van der Waals surface area contributed by atoms with Gasteiger partial charge < -0.3 is 9.42 Å². The monoisotopic (exact) mass is 303 g/mol. The molecule has 0 radical (unpaired) electrons. The summed E-state index contributed by atoms with van der Waals surface area (Å²) >= 11 is 0. The van der Waals surface area contributed by atoms with E-state index in [-0.39, 0.29) is 5.91 Å². The van der Waals surface area contributed by atoms with Crippen molar-refractivity contribution in [2.45, 2.75) is 39.7 Å². The predicted octanol–water partition coefficient (Wildman–Crippen LogP) is 1.69. The summed E-state index contributed by atoms with van der Waals surface area (Å²) in [4.78, 5) is 18.7. The quantitative estimate of drug-likeness (QED) is 0.859. The number of hydrogen-bond donors (Lipinski definition) is 0. The Labute approximate surface area is 129 Å². The summed E-state index contributed by atoms with van der Waals surface area (Å²) in [5.41, 5.74) is 1.39. The number of piperidine rings is 1. The second-order valence-electron chi connectivity index (χ2n) is 5.79. The Morgan fingerprint density at radius 3 is 3.09 bits per heavy atom. The van der Waals surface area contributed by atoms with Crippen LogP contribution in [0, 0.1) is 12.8 Å². The minimum atomic E-state index is 0.0406. The third-order valence-corrected chi connectivity index (χ3v) is 4.20. The van der Waals surface area contributed by atoms with Crippen molar-refractivity contribution in [3.05, 3.63) is 29.7 Å². The number of carbonyl (C=O) groups is 1. The van der Waals surface area contributed by atoms with E-state index in [9.17, 15) is 4.79 Å². The zero-order valence-electron chi connectivity index (χ0n) is 13.0. The molecular formula is C15H21N5O2. The van der Waals surface area contributed by atoms with Gasteiger partial charge in [0.1, 0.15) is 24.0 Å². The van der Waals surface area contributed by atoms with Gasteiger partial charge in [0.05, 0.1) is 5.69 Å². The van der Waals surface area contributed by atoms with E-state index in [2.05, 4.69) is 15.2 Å². The molecule has 118 valence electrons. The fourth-order valence-corrected chi connectivity index (χ4v) is 3.08. The third kappa shape index (κ3) is 2.88. The number of amides is 1. The van der Waals surface area contributed by atoms with E-state index in [1.165, 1.54) is 0 Å². The Kier molecular flexibility index (Phi) is 4.22. The SMILES string of the molecule is CCc1noc(C)c1C(=O)N1CCCC(Cn2cncn2)C1. The number of carbonyl (C=O) groups excluding carboxylic acids is 1. The van der Waals surface area contributed by atoms with Crippen molar-refractivity contribution < 1.29 is 9.32 Å². The zero-order chi connectivity index (χ0) is 15.5. The van der Waals surface area contributed by atoms with Gasteiger partial charge in [-0.15, -0.1) is 0 Å². The van der Waals surface area contributed by atoms with Crippen LogP contribution in [0.2, 0.25) is 0 Å². The highest BCUT2D eigenvalue weighted by atomic mass is 16.5. The molecular weight excluding hydrogens is 282 g/mol. The van der Waals surface area contributed by atoms with Crippen LogP contribution in [0.5, 0.6) is 0 Å². The molecule has 1 aliphatic rings. The molecule has 7 nitrogen and oxygen atoms in total. The number of hydrogen-bond acceptors (Lipinski definition) is 5. The van der Waals surface area contributed by atoms with Crippen molar-refractivity contribution in [2.24, 2.45) is 5.92 Å². The van der Waals surface area contributed by atoms with E-state index in [1.807, 2.05) is 16.5 Å². The van der Waals surface area contributed by atoms with Gasteiger partial charge in [-0.3, -0.25) is 9.48 Å². The fraction of sp³-hybridized carbons (Fsp3) is 0.600. The lowest BCUT2D eigenvalue weighted by Crippen LogP contribution is -2.41. The van der Waals surface area contributed by atoms with Crippen molar-refractivity contribution in [1.29, 1.82) is 0 Å². The first kappa shape index (κ1) is 14.7. The molecule has 0 spiro atoms. The van der Waals surface area contributed by atoms with Crippen molar-refractivity contribution >= 4 is 5.91 Å². The van der Waals surface area contributed by atoms with Gasteiger partial charge >= 0.3 is 0 Å². The molecule has 0 bridgehead atoms. The molecule has 2 aromatic heterocycles. The standard InChI is InChI=1S/C15H21N5O2/c1-3-13-14(11(2)22-18-13)15(21)19-6-4-5-12(7-19)8-20-10-16-9-17-20/h9-10,12H,3-8H2,1-2H3. The van der Waals surface area contributed by atoms with Crippen LogP contribution >= 0.6 is 0 Å². The van der Waals surface area contributed by atoms with Crippen LogP contribution in [0.3, 0.4) is 0 Å². The van der Waals surface area contributed by atoms with Crippen LogP contribution in [0.4, 0.5) is 0 Å². The predicted molar refractivity (Wildman–Crippen MR) is 79.3 cm³/mol. The van der Waals surface area contributed by atoms with Crippen molar-refractivity contribution in [3.8, 4) is 0 Å². The molecule has 1 unspecified atom stereocenters. The molecule has 7 heteroatoms. The topological polar surface area (TPSA) is 77.0 Å². The number of likely N-dealkylation sites (tertiary alicyclic amines) is 1. The number of aryl methyl sites for hydroxylation is 2. The Morgan fingerprint density at radius 1 is 1.50 bits per heavy atom. The van der Waals surface area contributed by atoms with E-state index >= 15 is 0 Å². The lowest BCUT2D eigenvalue weighted by Gasteiger charge is -2.32. The smallest absolute Gasteiger partial charge is 0.259 e. The van der Waals surface area contributed by atoms with E-state index in [0.29, 0.717) is 23.7 Å². The summed E-state index contributed by atoms with van der Waals surface area (Å²) in [5, 5.41) is 8.13. The van der Waals surface area contributed by atoms with Crippen molar-refractivity contribution in [2.75, 3.05) is 13.1 Å². The summed E-state index contributed by atoms with van der Waals surface area (Å²) in [6.45, 7) is 6.12. The Bertz CT molecular complexity index is 634. The van der Waals surface area contributed by atoms with Gasteiger partial charge in [0.15, 0.2) is 0 Å². The number of nitrogens with zero attached hydrogens (tertiary/aromatic N) is 5. The molecule has 0 aromatic carbocycles. The lowest BCUT2D eigenvalue weighted by molar-refractivity contribution is 0.0657. The molecule has 1 aliphatic heterocycles. The summed E-state index contributed by atoms with van der Waals surface area (Å²) < 4.78 is 7.02. The largest absolute Gasteiger partial charge is 0.361 e. The van der Waals surface area contributed by atoms with Crippen LogP contribution in [-0.2, 0) is 13.0 Å². The average Bonchev–Trinajstić information content (AvgIpc) is 3.16. The maximum Gasteiger partial charge on any atom is 0.259 e. The van der Waals surface area contributed by atoms with Gasteiger partial charge in [-0.05, 0) is 32.1 Å². The normalized spacial score (nSPS) is 18.6. The lowest BCUT2D eigenvalue weighted by atomic mass is 9.97. The molecule has 22 heavy (non-hydrogen) atoms. The maximum atomic E-state index is 12.8. The molecule has 0 aliphatic carbocycles. The number of rotatable bonds is 4. The molecule has 0 N–H and O–H groups in total. The zero-order valence-corrected chi connectivity index (χ0v) is 13.0. The third-order valence-electron chi connectivity index (χ3n) is 4.20. The Balaban J connectivity index is 1.71. The van der Waals surface area contributed by atoms with Crippen LogP contribution in [-0.4, -0.2) is 43.8 Å². The molecule has 1 amide bonds. The molecule has 3 heterocycles. The van der Waals surface area contributed by atoms with Crippen LogP contribution in [0.25, 0.3) is 0 Å². The minimum absolute atomic E-state index is 0.0406. The summed E-state index contributed by atoms with van der Waals surface area (Å²) in [5.74, 6) is 1.06. The second kappa shape index (κ2) is 6.29. The molecule has 0 saturated carbocycles. The van der Waals surface area contributed by atoms with Gasteiger partial charge in [0, 0.05) is 19.6 Å². The summed E-state index contributed by atoms with van der Waals surface area (Å²) in [7, 11) is 0. The minimum Gasteiger partial charge on any atom is -0.361 e. The fourth-order valence-electron chi connectivity index (χ4n) is 3.08. The first-order chi connectivity index (χ1) is 10.7. The maximum absolute atomic E-state index is 12.8. The van der Waals surface area contributed by atoms with Gasteiger partial charge in [-0.2, -0.15) is 5.10 Å². The van der Waals surface area contributed by atoms with Crippen molar-refractivity contribution in [1.82, 2.24) is 24.8 Å². The molecule has 3 rings (SSSR count). The summed E-state index contributed by atoms with van der Waals surface area (Å²) in [6, 6.07) is 0. The number of aromatic nitrogens is 4. The van der Waals surface area contributed by atoms with E-state index in [0.717, 1.165) is 38.2 Å².